The Morgan fingerprint density at radius 2 is 0.810 bits per heavy atom. The summed E-state index contributed by atoms with van der Waals surface area (Å²) in [5.41, 5.74) is 0.822. The van der Waals surface area contributed by atoms with Crippen LogP contribution in [0.3, 0.4) is 0 Å². The van der Waals surface area contributed by atoms with Crippen LogP contribution in [0.25, 0.3) is 0 Å². The molecule has 0 bridgehead atoms. The van der Waals surface area contributed by atoms with Gasteiger partial charge >= 0.3 is 24.0 Å². The summed E-state index contributed by atoms with van der Waals surface area (Å²) in [7, 11) is 5.75. The van der Waals surface area contributed by atoms with Gasteiger partial charge in [-0.15, -0.1) is 9.97 Å². The van der Waals surface area contributed by atoms with Gasteiger partial charge in [-0.2, -0.15) is 19.9 Å². The van der Waals surface area contributed by atoms with Crippen molar-refractivity contribution < 1.29 is 18.9 Å². The zero-order valence-electron chi connectivity index (χ0n) is 11.8. The Morgan fingerprint density at radius 1 is 0.524 bits per heavy atom. The molecule has 0 aromatic carbocycles. The summed E-state index contributed by atoms with van der Waals surface area (Å²) in [5, 5.41) is 0. The van der Waals surface area contributed by atoms with Gasteiger partial charge in [0.05, 0.1) is 28.4 Å². The van der Waals surface area contributed by atoms with Gasteiger partial charge in [-0.1, -0.05) is 0 Å². The standard InChI is InChI=1S/C10H13N6O4P/c1-17-5-11-6(18-2)14-9(13-5)21-10-15-7(19-3)12-8(16-10)20-4/h21H,1-4H3. The highest BCUT2D eigenvalue weighted by molar-refractivity contribution is 7.54. The SMILES string of the molecule is COc1nc(OC)nc(Pc2nc(OC)nc(OC)n2)n1. The quantitative estimate of drug-likeness (QED) is 0.597. The monoisotopic (exact) mass is 312 g/mol. The molecule has 2 aromatic heterocycles. The highest BCUT2D eigenvalue weighted by Gasteiger charge is 2.12. The van der Waals surface area contributed by atoms with Crippen molar-refractivity contribution >= 4 is 19.7 Å². The summed E-state index contributed by atoms with van der Waals surface area (Å²) in [4.78, 5) is 24.3. The van der Waals surface area contributed by atoms with Gasteiger partial charge in [-0.3, -0.25) is 0 Å². The van der Waals surface area contributed by atoms with Crippen molar-refractivity contribution in [3.05, 3.63) is 0 Å². The predicted molar refractivity (Wildman–Crippen MR) is 73.4 cm³/mol. The van der Waals surface area contributed by atoms with E-state index >= 15 is 0 Å². The van der Waals surface area contributed by atoms with Crippen molar-refractivity contribution in [2.45, 2.75) is 0 Å². The smallest absolute Gasteiger partial charge is 0.322 e. The molecule has 2 heterocycles. The average molecular weight is 312 g/mol. The molecule has 0 saturated carbocycles. The molecule has 0 atom stereocenters. The second kappa shape index (κ2) is 6.89. The highest BCUT2D eigenvalue weighted by atomic mass is 31.1. The molecule has 0 fully saturated rings. The minimum absolute atomic E-state index is 0.0701. The maximum absolute atomic E-state index is 4.98. The fraction of sp³-hybridized carbons (Fsp3) is 0.400. The zero-order chi connectivity index (χ0) is 15.2. The molecule has 2 aromatic rings. The summed E-state index contributed by atoms with van der Waals surface area (Å²) in [6.07, 6.45) is 0. The number of hydrogen-bond donors (Lipinski definition) is 0. The normalized spacial score (nSPS) is 10.1. The Hall–Kier alpha value is -2.35. The van der Waals surface area contributed by atoms with Gasteiger partial charge in [0.2, 0.25) is 0 Å². The number of rotatable bonds is 6. The number of aromatic nitrogens is 6. The molecule has 10 nitrogen and oxygen atoms in total. The van der Waals surface area contributed by atoms with Crippen molar-refractivity contribution in [3.63, 3.8) is 0 Å². The largest absolute Gasteiger partial charge is 0.467 e. The maximum Gasteiger partial charge on any atom is 0.322 e. The number of hydrogen-bond acceptors (Lipinski definition) is 10. The van der Waals surface area contributed by atoms with Crippen LogP contribution in [0.4, 0.5) is 0 Å². The predicted octanol–water partition coefficient (Wildman–Crippen LogP) is -1.28. The topological polar surface area (TPSA) is 114 Å². The Morgan fingerprint density at radius 3 is 1.05 bits per heavy atom. The van der Waals surface area contributed by atoms with Crippen molar-refractivity contribution in [2.24, 2.45) is 0 Å². The second-order valence-electron chi connectivity index (χ2n) is 3.39. The lowest BCUT2D eigenvalue weighted by Crippen LogP contribution is -2.19. The second-order valence-corrected chi connectivity index (χ2v) is 4.53. The van der Waals surface area contributed by atoms with Crippen LogP contribution in [0.2, 0.25) is 0 Å². The Bertz CT molecular complexity index is 530. The van der Waals surface area contributed by atoms with Gasteiger partial charge in [-0.25, -0.2) is 0 Å². The molecule has 0 aliphatic carbocycles. The van der Waals surface area contributed by atoms with Crippen molar-refractivity contribution in [1.82, 2.24) is 29.9 Å². The lowest BCUT2D eigenvalue weighted by molar-refractivity contribution is 0.342. The minimum atomic E-state index is -0.0701. The van der Waals surface area contributed by atoms with E-state index < -0.39 is 0 Å². The zero-order valence-corrected chi connectivity index (χ0v) is 12.8. The van der Waals surface area contributed by atoms with Crippen molar-refractivity contribution in [1.29, 1.82) is 0 Å². The molecule has 0 aliphatic heterocycles. The first-order chi connectivity index (χ1) is 10.2. The van der Waals surface area contributed by atoms with Crippen LogP contribution in [0.15, 0.2) is 0 Å². The summed E-state index contributed by atoms with van der Waals surface area (Å²) in [5.74, 6) is 0. The first kappa shape index (κ1) is 15.0. The Kier molecular flexibility index (Phi) is 4.94. The number of ether oxygens (including phenoxy) is 4. The van der Waals surface area contributed by atoms with Gasteiger partial charge in [0.15, 0.2) is 11.1 Å². The molecule has 0 aliphatic rings. The van der Waals surface area contributed by atoms with Gasteiger partial charge in [0.1, 0.15) is 0 Å². The van der Waals surface area contributed by atoms with Crippen LogP contribution in [-0.4, -0.2) is 58.3 Å². The molecule has 0 unspecified atom stereocenters. The van der Waals surface area contributed by atoms with Crippen LogP contribution in [0.1, 0.15) is 0 Å². The molecule has 0 radical (unpaired) electrons. The summed E-state index contributed by atoms with van der Waals surface area (Å²) >= 11 is 0. The van der Waals surface area contributed by atoms with E-state index in [9.17, 15) is 0 Å². The fourth-order valence-corrected chi connectivity index (χ4v) is 2.06. The molecule has 0 saturated heterocycles. The van der Waals surface area contributed by atoms with Crippen molar-refractivity contribution in [3.8, 4) is 24.0 Å². The van der Waals surface area contributed by atoms with E-state index in [-0.39, 0.29) is 32.6 Å². The van der Waals surface area contributed by atoms with E-state index in [0.717, 1.165) is 0 Å². The molecular formula is C10H13N6O4P. The van der Waals surface area contributed by atoms with E-state index in [1.165, 1.54) is 28.4 Å². The minimum Gasteiger partial charge on any atom is -0.467 e. The van der Waals surface area contributed by atoms with E-state index in [0.29, 0.717) is 11.1 Å². The van der Waals surface area contributed by atoms with Crippen LogP contribution in [-0.2, 0) is 0 Å². The maximum atomic E-state index is 4.98. The molecule has 2 rings (SSSR count). The third-order valence-electron chi connectivity index (χ3n) is 2.14. The molecule has 21 heavy (non-hydrogen) atoms. The average Bonchev–Trinajstić information content (AvgIpc) is 2.53. The molecule has 11 heteroatoms. The van der Waals surface area contributed by atoms with E-state index in [1.54, 1.807) is 0 Å². The van der Waals surface area contributed by atoms with Crippen LogP contribution in [0, 0.1) is 0 Å². The lowest BCUT2D eigenvalue weighted by Gasteiger charge is -2.06. The third-order valence-corrected chi connectivity index (χ3v) is 3.04. The Labute approximate surface area is 122 Å². The van der Waals surface area contributed by atoms with Crippen LogP contribution < -0.4 is 30.1 Å². The molecular weight excluding hydrogens is 299 g/mol. The van der Waals surface area contributed by atoms with Crippen LogP contribution in [0.5, 0.6) is 24.0 Å². The molecule has 112 valence electrons. The van der Waals surface area contributed by atoms with E-state index in [2.05, 4.69) is 29.9 Å². The first-order valence-electron chi connectivity index (χ1n) is 5.63. The Balaban J connectivity index is 2.32. The third kappa shape index (κ3) is 3.82. The summed E-state index contributed by atoms with van der Waals surface area (Å²) in [6, 6.07) is 0.601. The van der Waals surface area contributed by atoms with Crippen molar-refractivity contribution in [2.75, 3.05) is 28.4 Å². The number of nitrogens with zero attached hydrogens (tertiary/aromatic N) is 6. The molecule has 0 amide bonds. The van der Waals surface area contributed by atoms with Gasteiger partial charge in [0.25, 0.3) is 0 Å². The number of methoxy groups -OCH3 is 4. The molecule has 0 N–H and O–H groups in total. The van der Waals surface area contributed by atoms with Crippen LogP contribution >= 0.6 is 8.58 Å². The summed E-state index contributed by atoms with van der Waals surface area (Å²) < 4.78 is 19.9. The first-order valence-corrected chi connectivity index (χ1v) is 6.63. The van der Waals surface area contributed by atoms with E-state index in [4.69, 9.17) is 18.9 Å². The summed E-state index contributed by atoms with van der Waals surface area (Å²) in [6.45, 7) is 0. The lowest BCUT2D eigenvalue weighted by atomic mass is 10.9. The highest BCUT2D eigenvalue weighted by Crippen LogP contribution is 2.13. The van der Waals surface area contributed by atoms with Gasteiger partial charge < -0.3 is 18.9 Å². The fourth-order valence-electron chi connectivity index (χ4n) is 1.25. The van der Waals surface area contributed by atoms with E-state index in [1.807, 2.05) is 0 Å². The van der Waals surface area contributed by atoms with Gasteiger partial charge in [-0.05, 0) is 0 Å². The van der Waals surface area contributed by atoms with Gasteiger partial charge in [0, 0.05) is 8.58 Å². The molecule has 0 spiro atoms.